The molecule has 0 saturated heterocycles. The summed E-state index contributed by atoms with van der Waals surface area (Å²) in [5, 5.41) is 3.04. The van der Waals surface area contributed by atoms with Crippen LogP contribution in [0.25, 0.3) is 0 Å². The van der Waals surface area contributed by atoms with Gasteiger partial charge in [0.25, 0.3) is 0 Å². The van der Waals surface area contributed by atoms with E-state index in [2.05, 4.69) is 23.3 Å². The number of nitrogens with one attached hydrogen (secondary N) is 1. The van der Waals surface area contributed by atoms with Crippen LogP contribution in [0.3, 0.4) is 0 Å². The van der Waals surface area contributed by atoms with Gasteiger partial charge in [0.15, 0.2) is 5.96 Å². The third kappa shape index (κ3) is 4.34. The maximum atomic E-state index is 5.72. The van der Waals surface area contributed by atoms with Gasteiger partial charge in [0, 0.05) is 6.54 Å². The molecule has 0 spiro atoms. The number of hydrogen-bond donors (Lipinski definition) is 2. The summed E-state index contributed by atoms with van der Waals surface area (Å²) in [5.74, 6) is 1.40. The van der Waals surface area contributed by atoms with E-state index in [4.69, 9.17) is 10.5 Å². The number of nitrogens with two attached hydrogens (primary N) is 1. The maximum absolute atomic E-state index is 5.72. The Morgan fingerprint density at radius 3 is 2.82 bits per heavy atom. The van der Waals surface area contributed by atoms with Crippen LogP contribution in [-0.4, -0.2) is 19.6 Å². The third-order valence-electron chi connectivity index (χ3n) is 2.45. The van der Waals surface area contributed by atoms with Crippen LogP contribution >= 0.6 is 0 Å². The van der Waals surface area contributed by atoms with Crippen molar-refractivity contribution < 1.29 is 4.74 Å². The Labute approximate surface area is 103 Å². The van der Waals surface area contributed by atoms with E-state index in [0.717, 1.165) is 29.8 Å². The number of methoxy groups -OCH3 is 1. The fourth-order valence-electron chi connectivity index (χ4n) is 1.52. The Hall–Kier alpha value is -1.71. The monoisotopic (exact) mass is 235 g/mol. The lowest BCUT2D eigenvalue weighted by Crippen LogP contribution is -2.32. The van der Waals surface area contributed by atoms with Crippen molar-refractivity contribution in [1.29, 1.82) is 0 Å². The van der Waals surface area contributed by atoms with Crippen molar-refractivity contribution in [3.63, 3.8) is 0 Å². The van der Waals surface area contributed by atoms with Gasteiger partial charge in [-0.05, 0) is 30.5 Å². The number of aryl methyl sites for hydroxylation is 1. The van der Waals surface area contributed by atoms with Gasteiger partial charge < -0.3 is 15.8 Å². The molecule has 0 aromatic heterocycles. The van der Waals surface area contributed by atoms with Crippen LogP contribution < -0.4 is 15.8 Å². The molecule has 0 bridgehead atoms. The highest BCUT2D eigenvalue weighted by Gasteiger charge is 1.99. The molecule has 4 heteroatoms. The normalized spacial score (nSPS) is 11.4. The van der Waals surface area contributed by atoms with Crippen LogP contribution in [-0.2, 0) is 6.54 Å². The molecule has 94 valence electrons. The molecular formula is C13H21N3O. The number of nitrogens with zero attached hydrogens (tertiary/aromatic N) is 1. The molecule has 17 heavy (non-hydrogen) atoms. The van der Waals surface area contributed by atoms with E-state index in [0.29, 0.717) is 12.5 Å². The van der Waals surface area contributed by atoms with Crippen LogP contribution in [0.1, 0.15) is 24.5 Å². The molecule has 4 nitrogen and oxygen atoms in total. The Morgan fingerprint density at radius 1 is 1.47 bits per heavy atom. The molecule has 0 saturated carbocycles. The zero-order valence-electron chi connectivity index (χ0n) is 10.8. The number of hydrogen-bond acceptors (Lipinski definition) is 2. The second-order valence-corrected chi connectivity index (χ2v) is 3.93. The molecule has 0 heterocycles. The quantitative estimate of drug-likeness (QED) is 0.604. The molecule has 0 aliphatic heterocycles. The van der Waals surface area contributed by atoms with Crippen molar-refractivity contribution >= 4 is 5.96 Å². The Bertz CT molecular complexity index is 388. The van der Waals surface area contributed by atoms with Gasteiger partial charge >= 0.3 is 0 Å². The summed E-state index contributed by atoms with van der Waals surface area (Å²) in [6.07, 6.45) is 1.04. The van der Waals surface area contributed by atoms with Crippen molar-refractivity contribution in [1.82, 2.24) is 5.32 Å². The maximum Gasteiger partial charge on any atom is 0.188 e. The minimum Gasteiger partial charge on any atom is -0.496 e. The van der Waals surface area contributed by atoms with E-state index in [1.165, 1.54) is 0 Å². The zero-order chi connectivity index (χ0) is 12.7. The van der Waals surface area contributed by atoms with E-state index in [-0.39, 0.29) is 0 Å². The first-order valence-corrected chi connectivity index (χ1v) is 5.84. The first-order chi connectivity index (χ1) is 8.17. The predicted molar refractivity (Wildman–Crippen MR) is 71.4 cm³/mol. The molecule has 0 fully saturated rings. The zero-order valence-corrected chi connectivity index (χ0v) is 10.8. The topological polar surface area (TPSA) is 59.6 Å². The second-order valence-electron chi connectivity index (χ2n) is 3.93. The van der Waals surface area contributed by atoms with Crippen LogP contribution in [0.5, 0.6) is 5.75 Å². The Morgan fingerprint density at radius 2 is 2.24 bits per heavy atom. The van der Waals surface area contributed by atoms with Crippen molar-refractivity contribution in [2.24, 2.45) is 10.7 Å². The van der Waals surface area contributed by atoms with Crippen molar-refractivity contribution in [2.45, 2.75) is 26.8 Å². The highest BCUT2D eigenvalue weighted by atomic mass is 16.5. The van der Waals surface area contributed by atoms with Crippen LogP contribution in [0.4, 0.5) is 0 Å². The number of guanidine groups is 1. The number of aliphatic imine (C=N–C) groups is 1. The van der Waals surface area contributed by atoms with Crippen LogP contribution in [0, 0.1) is 6.92 Å². The lowest BCUT2D eigenvalue weighted by atomic mass is 10.1. The third-order valence-corrected chi connectivity index (χ3v) is 2.45. The first kappa shape index (κ1) is 13.4. The molecule has 1 rings (SSSR count). The summed E-state index contributed by atoms with van der Waals surface area (Å²) >= 11 is 0. The average Bonchev–Trinajstić information content (AvgIpc) is 2.34. The highest BCUT2D eigenvalue weighted by Crippen LogP contribution is 2.18. The number of benzene rings is 1. The van der Waals surface area contributed by atoms with E-state index in [1.807, 2.05) is 19.1 Å². The molecule has 3 N–H and O–H groups in total. The standard InChI is InChI=1S/C13H21N3O/c1-4-7-15-13(14)16-9-11-5-6-12(17-3)10(2)8-11/h5-6,8H,4,7,9H2,1-3H3,(H3,14,15,16). The van der Waals surface area contributed by atoms with Gasteiger partial charge in [-0.15, -0.1) is 0 Å². The van der Waals surface area contributed by atoms with Gasteiger partial charge in [-0.1, -0.05) is 19.1 Å². The highest BCUT2D eigenvalue weighted by molar-refractivity contribution is 5.77. The fraction of sp³-hybridized carbons (Fsp3) is 0.462. The van der Waals surface area contributed by atoms with E-state index < -0.39 is 0 Å². The van der Waals surface area contributed by atoms with Gasteiger partial charge in [-0.2, -0.15) is 0 Å². The van der Waals surface area contributed by atoms with Crippen molar-refractivity contribution in [2.75, 3.05) is 13.7 Å². The van der Waals surface area contributed by atoms with Gasteiger partial charge in [0.2, 0.25) is 0 Å². The molecule has 0 atom stereocenters. The largest absolute Gasteiger partial charge is 0.496 e. The lowest BCUT2D eigenvalue weighted by molar-refractivity contribution is 0.411. The summed E-state index contributed by atoms with van der Waals surface area (Å²) in [6.45, 7) is 5.56. The molecule has 1 aromatic rings. The summed E-state index contributed by atoms with van der Waals surface area (Å²) in [6, 6.07) is 6.02. The Balaban J connectivity index is 2.60. The van der Waals surface area contributed by atoms with Gasteiger partial charge in [-0.3, -0.25) is 0 Å². The van der Waals surface area contributed by atoms with Crippen molar-refractivity contribution in [3.8, 4) is 5.75 Å². The molecule has 0 unspecified atom stereocenters. The minimum absolute atomic E-state index is 0.500. The molecule has 0 radical (unpaired) electrons. The molecule has 0 aliphatic carbocycles. The summed E-state index contributed by atoms with van der Waals surface area (Å²) in [4.78, 5) is 4.27. The molecule has 0 amide bonds. The molecule has 1 aromatic carbocycles. The van der Waals surface area contributed by atoms with E-state index in [9.17, 15) is 0 Å². The first-order valence-electron chi connectivity index (χ1n) is 5.84. The van der Waals surface area contributed by atoms with Gasteiger partial charge in [0.1, 0.15) is 5.75 Å². The van der Waals surface area contributed by atoms with E-state index >= 15 is 0 Å². The molecule has 0 aliphatic rings. The second kappa shape index (κ2) is 6.78. The van der Waals surface area contributed by atoms with Gasteiger partial charge in [0.05, 0.1) is 13.7 Å². The van der Waals surface area contributed by atoms with E-state index in [1.54, 1.807) is 7.11 Å². The molecular weight excluding hydrogens is 214 g/mol. The average molecular weight is 235 g/mol. The fourth-order valence-corrected chi connectivity index (χ4v) is 1.52. The lowest BCUT2D eigenvalue weighted by Gasteiger charge is -2.07. The van der Waals surface area contributed by atoms with Crippen molar-refractivity contribution in [3.05, 3.63) is 29.3 Å². The Kier molecular flexibility index (Phi) is 5.33. The summed E-state index contributed by atoms with van der Waals surface area (Å²) in [5.41, 5.74) is 7.96. The smallest absolute Gasteiger partial charge is 0.188 e. The number of rotatable bonds is 5. The van der Waals surface area contributed by atoms with Gasteiger partial charge in [-0.25, -0.2) is 4.99 Å². The predicted octanol–water partition coefficient (Wildman–Crippen LogP) is 1.82. The SMILES string of the molecule is CCCNC(N)=NCc1ccc(OC)c(C)c1. The van der Waals surface area contributed by atoms with Crippen LogP contribution in [0.2, 0.25) is 0 Å². The number of ether oxygens (including phenoxy) is 1. The van der Waals surface area contributed by atoms with Crippen LogP contribution in [0.15, 0.2) is 23.2 Å². The summed E-state index contributed by atoms with van der Waals surface area (Å²) < 4.78 is 5.21. The summed E-state index contributed by atoms with van der Waals surface area (Å²) in [7, 11) is 1.67. The minimum atomic E-state index is 0.500.